The molecule has 0 aliphatic heterocycles. The maximum Gasteiger partial charge on any atom is 0.315 e. The fourth-order valence-corrected chi connectivity index (χ4v) is 2.27. The first-order valence-electron chi connectivity index (χ1n) is 7.67. The van der Waals surface area contributed by atoms with Crippen molar-refractivity contribution in [2.45, 2.75) is 25.9 Å². The predicted molar refractivity (Wildman–Crippen MR) is 91.6 cm³/mol. The molecule has 3 N–H and O–H groups in total. The van der Waals surface area contributed by atoms with E-state index < -0.39 is 6.03 Å². The van der Waals surface area contributed by atoms with Crippen LogP contribution in [-0.2, 0) is 11.3 Å². The van der Waals surface area contributed by atoms with Crippen molar-refractivity contribution in [3.05, 3.63) is 59.0 Å². The van der Waals surface area contributed by atoms with Gasteiger partial charge in [-0.25, -0.2) is 4.79 Å². The second kappa shape index (κ2) is 8.98. The van der Waals surface area contributed by atoms with Gasteiger partial charge in [-0.1, -0.05) is 30.7 Å². The summed E-state index contributed by atoms with van der Waals surface area (Å²) in [5, 5.41) is 8.68. The van der Waals surface area contributed by atoms with E-state index in [9.17, 15) is 9.59 Å². The Morgan fingerprint density at radius 1 is 1.17 bits per heavy atom. The zero-order valence-electron chi connectivity index (χ0n) is 13.3. The molecule has 0 spiro atoms. The third-order valence-electron chi connectivity index (χ3n) is 3.44. The van der Waals surface area contributed by atoms with Gasteiger partial charge in [-0.2, -0.15) is 0 Å². The minimum absolute atomic E-state index is 0.108. The number of rotatable bonds is 7. The van der Waals surface area contributed by atoms with Crippen molar-refractivity contribution >= 4 is 23.5 Å². The van der Waals surface area contributed by atoms with Crippen molar-refractivity contribution < 1.29 is 14.0 Å². The number of amides is 3. The first-order valence-corrected chi connectivity index (χ1v) is 8.05. The third kappa shape index (κ3) is 5.62. The Kier molecular flexibility index (Phi) is 6.69. The first-order chi connectivity index (χ1) is 11.6. The fourth-order valence-electron chi connectivity index (χ4n) is 2.15. The lowest BCUT2D eigenvalue weighted by Gasteiger charge is -2.18. The minimum Gasteiger partial charge on any atom is -0.467 e. The van der Waals surface area contributed by atoms with Crippen molar-refractivity contribution in [2.75, 3.05) is 6.54 Å². The number of hydrogen-bond donors (Lipinski definition) is 3. The number of carbonyl (C=O) groups is 2. The van der Waals surface area contributed by atoms with Gasteiger partial charge in [0.05, 0.1) is 25.4 Å². The monoisotopic (exact) mass is 349 g/mol. The van der Waals surface area contributed by atoms with Crippen LogP contribution in [-0.4, -0.2) is 18.5 Å². The molecule has 1 heterocycles. The molecule has 6 nitrogen and oxygen atoms in total. The summed E-state index contributed by atoms with van der Waals surface area (Å²) in [6, 6.07) is 10.3. The van der Waals surface area contributed by atoms with Gasteiger partial charge in [0, 0.05) is 5.02 Å². The van der Waals surface area contributed by atoms with E-state index in [-0.39, 0.29) is 25.0 Å². The van der Waals surface area contributed by atoms with E-state index in [0.29, 0.717) is 10.8 Å². The number of furan rings is 1. The summed E-state index contributed by atoms with van der Waals surface area (Å²) >= 11 is 5.87. The van der Waals surface area contributed by atoms with Crippen LogP contribution < -0.4 is 16.0 Å². The quantitative estimate of drug-likeness (QED) is 0.718. The average Bonchev–Trinajstić information content (AvgIpc) is 3.10. The summed E-state index contributed by atoms with van der Waals surface area (Å²) in [5.41, 5.74) is 0.958. The maximum absolute atomic E-state index is 11.9. The van der Waals surface area contributed by atoms with E-state index in [4.69, 9.17) is 16.0 Å². The van der Waals surface area contributed by atoms with E-state index in [1.54, 1.807) is 24.3 Å². The first kappa shape index (κ1) is 17.9. The molecule has 3 amide bonds. The molecule has 0 saturated heterocycles. The van der Waals surface area contributed by atoms with E-state index in [2.05, 4.69) is 16.0 Å². The number of hydrogen-bond acceptors (Lipinski definition) is 3. The summed E-state index contributed by atoms with van der Waals surface area (Å²) in [7, 11) is 0. The highest BCUT2D eigenvalue weighted by molar-refractivity contribution is 6.30. The second-order valence-electron chi connectivity index (χ2n) is 5.20. The number of nitrogens with one attached hydrogen (secondary N) is 3. The van der Waals surface area contributed by atoms with E-state index in [1.165, 1.54) is 6.26 Å². The number of benzene rings is 1. The van der Waals surface area contributed by atoms with Gasteiger partial charge in [0.25, 0.3) is 0 Å². The third-order valence-corrected chi connectivity index (χ3v) is 3.69. The molecule has 0 fully saturated rings. The molecule has 2 rings (SSSR count). The van der Waals surface area contributed by atoms with Crippen LogP contribution in [0.1, 0.15) is 30.7 Å². The number of urea groups is 1. The van der Waals surface area contributed by atoms with E-state index >= 15 is 0 Å². The van der Waals surface area contributed by atoms with Gasteiger partial charge in [0.15, 0.2) is 0 Å². The standard InChI is InChI=1S/C17H20ClN3O3/c1-2-15(12-5-7-13(18)8-6-12)21-17(23)20-11-16(22)19-10-14-4-3-9-24-14/h3-9,15H,2,10-11H2,1H3,(H,19,22)(H2,20,21,23). The molecule has 1 unspecified atom stereocenters. The molecule has 1 aromatic carbocycles. The smallest absolute Gasteiger partial charge is 0.315 e. The molecule has 0 bridgehead atoms. The molecule has 0 radical (unpaired) electrons. The molecule has 2 aromatic rings. The number of carbonyl (C=O) groups excluding carboxylic acids is 2. The van der Waals surface area contributed by atoms with Gasteiger partial charge in [0.1, 0.15) is 5.76 Å². The summed E-state index contributed by atoms with van der Waals surface area (Å²) in [6.07, 6.45) is 2.26. The van der Waals surface area contributed by atoms with Crippen LogP contribution in [0.2, 0.25) is 5.02 Å². The van der Waals surface area contributed by atoms with Crippen LogP contribution in [0.3, 0.4) is 0 Å². The molecular weight excluding hydrogens is 330 g/mol. The predicted octanol–water partition coefficient (Wildman–Crippen LogP) is 3.00. The van der Waals surface area contributed by atoms with Gasteiger partial charge in [-0.3, -0.25) is 4.79 Å². The largest absolute Gasteiger partial charge is 0.467 e. The van der Waals surface area contributed by atoms with Crippen molar-refractivity contribution in [3.63, 3.8) is 0 Å². The van der Waals surface area contributed by atoms with Crippen LogP contribution in [0.4, 0.5) is 4.79 Å². The molecule has 1 aromatic heterocycles. The normalized spacial score (nSPS) is 11.6. The van der Waals surface area contributed by atoms with E-state index in [0.717, 1.165) is 12.0 Å². The Balaban J connectivity index is 1.74. The zero-order chi connectivity index (χ0) is 17.4. The van der Waals surface area contributed by atoms with Crippen LogP contribution in [0.15, 0.2) is 47.1 Å². The van der Waals surface area contributed by atoms with Crippen LogP contribution in [0.25, 0.3) is 0 Å². The van der Waals surface area contributed by atoms with Crippen LogP contribution >= 0.6 is 11.6 Å². The lowest BCUT2D eigenvalue weighted by Crippen LogP contribution is -2.43. The van der Waals surface area contributed by atoms with Crippen LogP contribution in [0, 0.1) is 0 Å². The molecule has 1 atom stereocenters. The van der Waals surface area contributed by atoms with Crippen molar-refractivity contribution in [2.24, 2.45) is 0 Å². The molecule has 128 valence electrons. The fraction of sp³-hybridized carbons (Fsp3) is 0.294. The highest BCUT2D eigenvalue weighted by atomic mass is 35.5. The Morgan fingerprint density at radius 2 is 1.92 bits per heavy atom. The van der Waals surface area contributed by atoms with Crippen LogP contribution in [0.5, 0.6) is 0 Å². The minimum atomic E-state index is -0.398. The second-order valence-corrected chi connectivity index (χ2v) is 5.63. The topological polar surface area (TPSA) is 83.4 Å². The molecule has 24 heavy (non-hydrogen) atoms. The Labute approximate surface area is 145 Å². The molecule has 0 aliphatic rings. The highest BCUT2D eigenvalue weighted by Crippen LogP contribution is 2.18. The molecule has 0 saturated carbocycles. The summed E-state index contributed by atoms with van der Waals surface area (Å²) in [4.78, 5) is 23.6. The van der Waals surface area contributed by atoms with Crippen molar-refractivity contribution in [1.29, 1.82) is 0 Å². The summed E-state index contributed by atoms with van der Waals surface area (Å²) < 4.78 is 5.11. The maximum atomic E-state index is 11.9. The van der Waals surface area contributed by atoms with E-state index in [1.807, 2.05) is 19.1 Å². The SMILES string of the molecule is CCC(NC(=O)NCC(=O)NCc1ccco1)c1ccc(Cl)cc1. The molecular formula is C17H20ClN3O3. The zero-order valence-corrected chi connectivity index (χ0v) is 14.1. The Hall–Kier alpha value is -2.47. The summed E-state index contributed by atoms with van der Waals surface area (Å²) in [5.74, 6) is 0.364. The van der Waals surface area contributed by atoms with Gasteiger partial charge >= 0.3 is 6.03 Å². The van der Waals surface area contributed by atoms with Gasteiger partial charge in [0.2, 0.25) is 5.91 Å². The Morgan fingerprint density at radius 3 is 2.54 bits per heavy atom. The van der Waals surface area contributed by atoms with Gasteiger partial charge in [-0.05, 0) is 36.2 Å². The van der Waals surface area contributed by atoms with Gasteiger partial charge < -0.3 is 20.4 Å². The van der Waals surface area contributed by atoms with Crippen molar-refractivity contribution in [1.82, 2.24) is 16.0 Å². The lowest BCUT2D eigenvalue weighted by atomic mass is 10.1. The average molecular weight is 350 g/mol. The lowest BCUT2D eigenvalue weighted by molar-refractivity contribution is -0.120. The highest BCUT2D eigenvalue weighted by Gasteiger charge is 2.13. The summed E-state index contributed by atoms with van der Waals surface area (Å²) in [6.45, 7) is 2.15. The van der Waals surface area contributed by atoms with Crippen molar-refractivity contribution in [3.8, 4) is 0 Å². The molecule has 7 heteroatoms. The van der Waals surface area contributed by atoms with Gasteiger partial charge in [-0.15, -0.1) is 0 Å². The number of halogens is 1. The Bertz CT molecular complexity index is 656. The molecule has 0 aliphatic carbocycles.